The van der Waals surface area contributed by atoms with Gasteiger partial charge in [-0.15, -0.1) is 0 Å². The molecule has 2 atom stereocenters. The van der Waals surface area contributed by atoms with Gasteiger partial charge in [-0.1, -0.05) is 24.3 Å². The van der Waals surface area contributed by atoms with Gasteiger partial charge in [0.1, 0.15) is 17.0 Å². The van der Waals surface area contributed by atoms with Crippen LogP contribution in [-0.4, -0.2) is 36.4 Å². The van der Waals surface area contributed by atoms with E-state index < -0.39 is 6.29 Å². The minimum Gasteiger partial charge on any atom is -0.497 e. The van der Waals surface area contributed by atoms with Crippen molar-refractivity contribution in [3.05, 3.63) is 53.7 Å². The molecule has 1 aliphatic rings. The number of aromatic nitrogens is 2. The monoisotopic (exact) mass is 393 g/mol. The van der Waals surface area contributed by atoms with Gasteiger partial charge in [0, 0.05) is 17.8 Å². The Morgan fingerprint density at radius 3 is 2.72 bits per heavy atom. The summed E-state index contributed by atoms with van der Waals surface area (Å²) in [6.07, 6.45) is -0.185. The van der Waals surface area contributed by atoms with Gasteiger partial charge in [-0.05, 0) is 30.7 Å². The van der Waals surface area contributed by atoms with Crippen molar-refractivity contribution in [2.45, 2.75) is 25.7 Å². The minimum atomic E-state index is -0.515. The highest BCUT2D eigenvalue weighted by atomic mass is 16.5. The van der Waals surface area contributed by atoms with Gasteiger partial charge in [0.2, 0.25) is 11.9 Å². The van der Waals surface area contributed by atoms with Crippen molar-refractivity contribution in [1.82, 2.24) is 20.6 Å². The molecule has 2 unspecified atom stereocenters. The maximum atomic E-state index is 12.3. The topological polar surface area (TPSA) is 97.4 Å². The van der Waals surface area contributed by atoms with Gasteiger partial charge in [0.05, 0.1) is 19.9 Å². The van der Waals surface area contributed by atoms with E-state index in [0.29, 0.717) is 18.1 Å². The van der Waals surface area contributed by atoms with Crippen molar-refractivity contribution in [3.8, 4) is 11.5 Å². The van der Waals surface area contributed by atoms with Crippen molar-refractivity contribution in [1.29, 1.82) is 0 Å². The van der Waals surface area contributed by atoms with Gasteiger partial charge in [-0.25, -0.2) is 9.97 Å². The second kappa shape index (κ2) is 7.92. The van der Waals surface area contributed by atoms with E-state index >= 15 is 0 Å². The summed E-state index contributed by atoms with van der Waals surface area (Å²) in [5.41, 5.74) is 2.52. The zero-order chi connectivity index (χ0) is 20.4. The van der Waals surface area contributed by atoms with Gasteiger partial charge in [-0.2, -0.15) is 0 Å². The van der Waals surface area contributed by atoms with E-state index in [2.05, 4.69) is 25.9 Å². The molecule has 8 heteroatoms. The fraction of sp³-hybridized carbons (Fsp3) is 0.286. The molecule has 0 spiro atoms. The highest BCUT2D eigenvalue weighted by Gasteiger charge is 2.27. The highest BCUT2D eigenvalue weighted by molar-refractivity contribution is 5.87. The Morgan fingerprint density at radius 2 is 1.93 bits per heavy atom. The second-order valence-electron chi connectivity index (χ2n) is 6.83. The molecule has 1 amide bonds. The van der Waals surface area contributed by atoms with Crippen LogP contribution in [0.4, 0.5) is 5.95 Å². The molecule has 150 valence electrons. The zero-order valence-corrected chi connectivity index (χ0v) is 16.5. The minimum absolute atomic E-state index is 0.0656. The normalized spacial score (nSPS) is 18.9. The van der Waals surface area contributed by atoms with E-state index in [-0.39, 0.29) is 11.9 Å². The van der Waals surface area contributed by atoms with Crippen LogP contribution in [0.5, 0.6) is 11.5 Å². The van der Waals surface area contributed by atoms with E-state index in [4.69, 9.17) is 9.47 Å². The average Bonchev–Trinajstić information content (AvgIpc) is 2.73. The Balaban J connectivity index is 1.59. The first kappa shape index (κ1) is 18.9. The third-order valence-corrected chi connectivity index (χ3v) is 4.93. The standard InChI is InChI=1S/C21H23N5O3/c1-12-15-8-5-9-17(29-3)19(15)25-20(22-12)26-21-23-16(11-18(27)24-21)13-6-4-7-14(10-13)28-2/h4-10,16,21,23H,11H2,1-3H3,(H,24,27)(H,22,25,26). The number of aryl methyl sites for hydroxylation is 1. The fourth-order valence-electron chi connectivity index (χ4n) is 3.50. The number of amides is 1. The molecule has 1 aliphatic heterocycles. The number of hydrogen-bond donors (Lipinski definition) is 3. The lowest BCUT2D eigenvalue weighted by Crippen LogP contribution is -2.56. The Hall–Kier alpha value is -3.39. The maximum absolute atomic E-state index is 12.3. The molecule has 0 radical (unpaired) electrons. The van der Waals surface area contributed by atoms with Gasteiger partial charge in [0.15, 0.2) is 6.29 Å². The number of benzene rings is 2. The van der Waals surface area contributed by atoms with Crippen molar-refractivity contribution in [3.63, 3.8) is 0 Å². The van der Waals surface area contributed by atoms with E-state index in [1.54, 1.807) is 14.2 Å². The third-order valence-electron chi connectivity index (χ3n) is 4.93. The summed E-state index contributed by atoms with van der Waals surface area (Å²) in [4.78, 5) is 21.4. The molecule has 3 aromatic rings. The summed E-state index contributed by atoms with van der Waals surface area (Å²) < 4.78 is 10.7. The molecule has 2 aromatic carbocycles. The molecule has 8 nitrogen and oxygen atoms in total. The molecule has 4 rings (SSSR count). The number of nitrogens with one attached hydrogen (secondary N) is 3. The lowest BCUT2D eigenvalue weighted by atomic mass is 10.0. The number of rotatable bonds is 5. The first-order valence-electron chi connectivity index (χ1n) is 9.34. The molecule has 2 heterocycles. The molecule has 1 saturated heterocycles. The molecule has 0 bridgehead atoms. The van der Waals surface area contributed by atoms with Crippen molar-refractivity contribution >= 4 is 22.8 Å². The van der Waals surface area contributed by atoms with Crippen LogP contribution in [0.3, 0.4) is 0 Å². The van der Waals surface area contributed by atoms with E-state index in [9.17, 15) is 4.79 Å². The quantitative estimate of drug-likeness (QED) is 0.613. The first-order valence-corrected chi connectivity index (χ1v) is 9.34. The summed E-state index contributed by atoms with van der Waals surface area (Å²) in [6.45, 7) is 1.92. The van der Waals surface area contributed by atoms with Gasteiger partial charge >= 0.3 is 0 Å². The predicted octanol–water partition coefficient (Wildman–Crippen LogP) is 2.50. The molecule has 3 N–H and O–H groups in total. The summed E-state index contributed by atoms with van der Waals surface area (Å²) in [6, 6.07) is 13.2. The second-order valence-corrected chi connectivity index (χ2v) is 6.83. The van der Waals surface area contributed by atoms with Gasteiger partial charge in [0.25, 0.3) is 0 Å². The van der Waals surface area contributed by atoms with Crippen LogP contribution < -0.4 is 25.4 Å². The number of carbonyl (C=O) groups excluding carboxylic acids is 1. The Labute approximate surface area is 168 Å². The van der Waals surface area contributed by atoms with Crippen LogP contribution in [0.1, 0.15) is 23.7 Å². The van der Waals surface area contributed by atoms with Crippen molar-refractivity contribution in [2.24, 2.45) is 0 Å². The number of nitrogens with zero attached hydrogens (tertiary/aromatic N) is 2. The highest BCUT2D eigenvalue weighted by Crippen LogP contribution is 2.27. The Morgan fingerprint density at radius 1 is 1.10 bits per heavy atom. The molecule has 1 aromatic heterocycles. The van der Waals surface area contributed by atoms with Crippen LogP contribution in [0.2, 0.25) is 0 Å². The summed E-state index contributed by atoms with van der Waals surface area (Å²) in [7, 11) is 3.24. The number of hydrogen-bond acceptors (Lipinski definition) is 7. The smallest absolute Gasteiger partial charge is 0.226 e. The van der Waals surface area contributed by atoms with Gasteiger partial charge in [-0.3, -0.25) is 10.1 Å². The van der Waals surface area contributed by atoms with Crippen LogP contribution in [0.25, 0.3) is 10.9 Å². The van der Waals surface area contributed by atoms with Gasteiger partial charge < -0.3 is 20.1 Å². The summed E-state index contributed by atoms with van der Waals surface area (Å²) >= 11 is 0. The number of anilines is 1. The number of para-hydroxylation sites is 1. The lowest BCUT2D eigenvalue weighted by molar-refractivity contribution is -0.124. The summed E-state index contributed by atoms with van der Waals surface area (Å²) in [5, 5.41) is 10.4. The van der Waals surface area contributed by atoms with Crippen LogP contribution in [0.15, 0.2) is 42.5 Å². The largest absolute Gasteiger partial charge is 0.497 e. The van der Waals surface area contributed by atoms with E-state index in [0.717, 1.165) is 27.9 Å². The molecule has 0 saturated carbocycles. The first-order chi connectivity index (χ1) is 14.1. The van der Waals surface area contributed by atoms with E-state index in [1.807, 2.05) is 49.4 Å². The van der Waals surface area contributed by atoms with Crippen molar-refractivity contribution < 1.29 is 14.3 Å². The van der Waals surface area contributed by atoms with Crippen LogP contribution >= 0.6 is 0 Å². The zero-order valence-electron chi connectivity index (χ0n) is 16.5. The number of ether oxygens (including phenoxy) is 2. The molecule has 29 heavy (non-hydrogen) atoms. The van der Waals surface area contributed by atoms with Crippen LogP contribution in [0, 0.1) is 6.92 Å². The number of fused-ring (bicyclic) bond motifs is 1. The third kappa shape index (κ3) is 3.93. The predicted molar refractivity (Wildman–Crippen MR) is 110 cm³/mol. The van der Waals surface area contributed by atoms with Crippen LogP contribution in [-0.2, 0) is 4.79 Å². The Bertz CT molecular complexity index is 1060. The number of methoxy groups -OCH3 is 2. The Kier molecular flexibility index (Phi) is 5.18. The maximum Gasteiger partial charge on any atom is 0.226 e. The SMILES string of the molecule is COc1cccc(C2CC(=O)NC(Nc3nc(C)c4cccc(OC)c4n3)N2)c1. The average molecular weight is 393 g/mol. The van der Waals surface area contributed by atoms with Crippen molar-refractivity contribution in [2.75, 3.05) is 19.5 Å². The molecular formula is C21H23N5O3. The molecule has 1 fully saturated rings. The fourth-order valence-corrected chi connectivity index (χ4v) is 3.50. The molecule has 0 aliphatic carbocycles. The molecular weight excluding hydrogens is 370 g/mol. The number of carbonyl (C=O) groups is 1. The lowest BCUT2D eigenvalue weighted by Gasteiger charge is -2.32. The summed E-state index contributed by atoms with van der Waals surface area (Å²) in [5.74, 6) is 1.76. The van der Waals surface area contributed by atoms with E-state index in [1.165, 1.54) is 0 Å².